The molecule has 1 unspecified atom stereocenters. The molecule has 16 heavy (non-hydrogen) atoms. The highest BCUT2D eigenvalue weighted by atomic mass is 16.4. The maximum Gasteiger partial charge on any atom is 0.402 e. The molecule has 90 valence electrons. The first kappa shape index (κ1) is 14.5. The fourth-order valence-electron chi connectivity index (χ4n) is 1.39. The van der Waals surface area contributed by atoms with Crippen molar-refractivity contribution in [2.24, 2.45) is 5.73 Å². The van der Waals surface area contributed by atoms with Crippen LogP contribution in [0.15, 0.2) is 30.3 Å². The van der Waals surface area contributed by atoms with E-state index in [4.69, 9.17) is 9.90 Å². The molecule has 4 N–H and O–H groups in total. The highest BCUT2D eigenvalue weighted by molar-refractivity contribution is 5.61. The standard InChI is InChI=1S/C11H17N.CH3NO2/c1-3-12-10(2)9-11-7-5-4-6-8-11;2-1(3)4/h4-8,10,12H,3,9H2,1-2H3;2H2,(H,3,4). The van der Waals surface area contributed by atoms with Gasteiger partial charge in [0, 0.05) is 6.04 Å². The number of nitrogens with two attached hydrogens (primary N) is 1. The minimum atomic E-state index is -1.33. The van der Waals surface area contributed by atoms with Gasteiger partial charge in [0.05, 0.1) is 0 Å². The number of hydrogen-bond acceptors (Lipinski definition) is 2. The largest absolute Gasteiger partial charge is 0.465 e. The Morgan fingerprint density at radius 2 is 1.94 bits per heavy atom. The van der Waals surface area contributed by atoms with Crippen LogP contribution in [0.3, 0.4) is 0 Å². The van der Waals surface area contributed by atoms with E-state index in [0.29, 0.717) is 6.04 Å². The second-order valence-corrected chi connectivity index (χ2v) is 3.49. The van der Waals surface area contributed by atoms with E-state index < -0.39 is 6.09 Å². The van der Waals surface area contributed by atoms with Crippen molar-refractivity contribution in [2.75, 3.05) is 6.54 Å². The third kappa shape index (κ3) is 9.02. The van der Waals surface area contributed by atoms with Gasteiger partial charge in [-0.15, -0.1) is 0 Å². The van der Waals surface area contributed by atoms with Gasteiger partial charge in [0.2, 0.25) is 0 Å². The van der Waals surface area contributed by atoms with Crippen molar-refractivity contribution < 1.29 is 9.90 Å². The Labute approximate surface area is 96.5 Å². The van der Waals surface area contributed by atoms with Gasteiger partial charge in [-0.05, 0) is 25.5 Å². The predicted octanol–water partition coefficient (Wildman–Crippen LogP) is 1.85. The average Bonchev–Trinajstić information content (AvgIpc) is 2.18. The number of amides is 1. The molecule has 0 bridgehead atoms. The summed E-state index contributed by atoms with van der Waals surface area (Å²) in [4.78, 5) is 8.78. The predicted molar refractivity (Wildman–Crippen MR) is 65.5 cm³/mol. The van der Waals surface area contributed by atoms with Gasteiger partial charge >= 0.3 is 6.09 Å². The second kappa shape index (κ2) is 8.73. The first-order valence-electron chi connectivity index (χ1n) is 5.32. The third-order valence-electron chi connectivity index (χ3n) is 1.94. The number of likely N-dealkylation sites (N-methyl/N-ethyl adjacent to an activating group) is 1. The Kier molecular flexibility index (Phi) is 7.89. The van der Waals surface area contributed by atoms with Gasteiger partial charge in [-0.3, -0.25) is 0 Å². The number of benzene rings is 1. The molecule has 0 fully saturated rings. The van der Waals surface area contributed by atoms with Gasteiger partial charge in [0.1, 0.15) is 0 Å². The van der Waals surface area contributed by atoms with Crippen LogP contribution in [-0.2, 0) is 6.42 Å². The number of rotatable bonds is 4. The smallest absolute Gasteiger partial charge is 0.402 e. The lowest BCUT2D eigenvalue weighted by Gasteiger charge is -2.11. The highest BCUT2D eigenvalue weighted by Crippen LogP contribution is 2.01. The van der Waals surface area contributed by atoms with Crippen LogP contribution in [0.2, 0.25) is 0 Å². The van der Waals surface area contributed by atoms with Crippen LogP contribution in [0.25, 0.3) is 0 Å². The summed E-state index contributed by atoms with van der Waals surface area (Å²) in [6.07, 6.45) is -0.214. The van der Waals surface area contributed by atoms with Crippen LogP contribution in [0, 0.1) is 0 Å². The zero-order valence-electron chi connectivity index (χ0n) is 9.81. The number of carboxylic acid groups (broad SMARTS) is 1. The van der Waals surface area contributed by atoms with Crippen molar-refractivity contribution >= 4 is 6.09 Å². The van der Waals surface area contributed by atoms with Crippen molar-refractivity contribution in [3.63, 3.8) is 0 Å². The number of nitrogens with one attached hydrogen (secondary N) is 1. The van der Waals surface area contributed by atoms with Crippen LogP contribution in [-0.4, -0.2) is 23.8 Å². The van der Waals surface area contributed by atoms with Gasteiger partial charge in [-0.1, -0.05) is 37.3 Å². The third-order valence-corrected chi connectivity index (χ3v) is 1.94. The first-order valence-corrected chi connectivity index (χ1v) is 5.32. The zero-order valence-corrected chi connectivity index (χ0v) is 9.81. The summed E-state index contributed by atoms with van der Waals surface area (Å²) in [6.45, 7) is 5.41. The van der Waals surface area contributed by atoms with Crippen LogP contribution >= 0.6 is 0 Å². The molecule has 0 radical (unpaired) electrons. The van der Waals surface area contributed by atoms with Crippen molar-refractivity contribution in [2.45, 2.75) is 26.3 Å². The van der Waals surface area contributed by atoms with Crippen LogP contribution in [0.5, 0.6) is 0 Å². The Balaban J connectivity index is 0.000000487. The summed E-state index contributed by atoms with van der Waals surface area (Å²) in [5.41, 5.74) is 5.44. The molecule has 0 heterocycles. The molecule has 0 saturated heterocycles. The molecular formula is C12H20N2O2. The molecule has 1 aromatic rings. The molecule has 1 aromatic carbocycles. The summed E-state index contributed by atoms with van der Waals surface area (Å²) < 4.78 is 0. The van der Waals surface area contributed by atoms with E-state index in [0.717, 1.165) is 13.0 Å². The second-order valence-electron chi connectivity index (χ2n) is 3.49. The molecular weight excluding hydrogens is 204 g/mol. The lowest BCUT2D eigenvalue weighted by molar-refractivity contribution is 0.205. The molecule has 1 atom stereocenters. The van der Waals surface area contributed by atoms with E-state index >= 15 is 0 Å². The summed E-state index contributed by atoms with van der Waals surface area (Å²) in [5, 5.41) is 10.6. The van der Waals surface area contributed by atoms with E-state index in [-0.39, 0.29) is 0 Å². The molecule has 1 rings (SSSR count). The van der Waals surface area contributed by atoms with Crippen LogP contribution in [0.4, 0.5) is 4.79 Å². The molecule has 4 heteroatoms. The zero-order chi connectivity index (χ0) is 12.4. The molecule has 0 spiro atoms. The molecule has 0 aliphatic rings. The summed E-state index contributed by atoms with van der Waals surface area (Å²) in [6, 6.07) is 11.2. The van der Waals surface area contributed by atoms with E-state index in [1.165, 1.54) is 5.56 Å². The van der Waals surface area contributed by atoms with Crippen LogP contribution < -0.4 is 11.1 Å². The summed E-state index contributed by atoms with van der Waals surface area (Å²) >= 11 is 0. The molecule has 0 aliphatic heterocycles. The molecule has 0 saturated carbocycles. The van der Waals surface area contributed by atoms with Gasteiger partial charge in [0.15, 0.2) is 0 Å². The lowest BCUT2D eigenvalue weighted by atomic mass is 10.1. The number of carbonyl (C=O) groups is 1. The van der Waals surface area contributed by atoms with E-state index in [1.807, 2.05) is 0 Å². The number of hydrogen-bond donors (Lipinski definition) is 3. The fraction of sp³-hybridized carbons (Fsp3) is 0.417. The lowest BCUT2D eigenvalue weighted by Crippen LogP contribution is -2.27. The maximum atomic E-state index is 8.78. The van der Waals surface area contributed by atoms with Gasteiger partial charge < -0.3 is 16.2 Å². The molecule has 4 nitrogen and oxygen atoms in total. The van der Waals surface area contributed by atoms with Crippen molar-refractivity contribution in [1.29, 1.82) is 0 Å². The molecule has 0 aliphatic carbocycles. The van der Waals surface area contributed by atoms with Crippen molar-refractivity contribution in [1.82, 2.24) is 5.32 Å². The quantitative estimate of drug-likeness (QED) is 0.730. The van der Waals surface area contributed by atoms with Crippen molar-refractivity contribution in [3.05, 3.63) is 35.9 Å². The van der Waals surface area contributed by atoms with E-state index in [1.54, 1.807) is 0 Å². The highest BCUT2D eigenvalue weighted by Gasteiger charge is 1.99. The maximum absolute atomic E-state index is 8.78. The Bertz CT molecular complexity index is 284. The Morgan fingerprint density at radius 3 is 2.38 bits per heavy atom. The average molecular weight is 224 g/mol. The van der Waals surface area contributed by atoms with Gasteiger partial charge in [-0.25, -0.2) is 4.79 Å². The van der Waals surface area contributed by atoms with Gasteiger partial charge in [-0.2, -0.15) is 0 Å². The van der Waals surface area contributed by atoms with Gasteiger partial charge in [0.25, 0.3) is 0 Å². The van der Waals surface area contributed by atoms with E-state index in [2.05, 4.69) is 55.2 Å². The minimum absolute atomic E-state index is 0.581. The Morgan fingerprint density at radius 1 is 1.44 bits per heavy atom. The Hall–Kier alpha value is -1.55. The minimum Gasteiger partial charge on any atom is -0.465 e. The van der Waals surface area contributed by atoms with Crippen molar-refractivity contribution in [3.8, 4) is 0 Å². The molecule has 1 amide bonds. The van der Waals surface area contributed by atoms with E-state index in [9.17, 15) is 0 Å². The fourth-order valence-corrected chi connectivity index (χ4v) is 1.39. The first-order chi connectivity index (χ1) is 7.56. The molecule has 0 aromatic heterocycles. The van der Waals surface area contributed by atoms with Crippen LogP contribution in [0.1, 0.15) is 19.4 Å². The SMILES string of the molecule is CCNC(C)Cc1ccccc1.NC(=O)O. The number of primary amides is 1. The summed E-state index contributed by atoms with van der Waals surface area (Å²) in [5.74, 6) is 0. The summed E-state index contributed by atoms with van der Waals surface area (Å²) in [7, 11) is 0. The normalized spacial score (nSPS) is 11.1. The topological polar surface area (TPSA) is 75.3 Å². The monoisotopic (exact) mass is 224 g/mol.